The van der Waals surface area contributed by atoms with Gasteiger partial charge >= 0.3 is 8.03 Å². The van der Waals surface area contributed by atoms with E-state index in [2.05, 4.69) is 12.6 Å². The molecule has 2 atom stereocenters. The fourth-order valence-corrected chi connectivity index (χ4v) is 1.07. The van der Waals surface area contributed by atoms with Crippen molar-refractivity contribution in [1.82, 2.24) is 0 Å². The molecule has 3 N–H and O–H groups in total. The summed E-state index contributed by atoms with van der Waals surface area (Å²) in [7, 11) is -2.19. The zero-order valence-electron chi connectivity index (χ0n) is 4.32. The molecule has 8 heavy (non-hydrogen) atoms. The molecule has 3 nitrogen and oxygen atoms in total. The van der Waals surface area contributed by atoms with Crippen LogP contribution in [0.4, 0.5) is 0 Å². The predicted octanol–water partition coefficient (Wildman–Crippen LogP) is 0.326. The highest BCUT2D eigenvalue weighted by Crippen LogP contribution is 2.19. The second kappa shape index (κ2) is 4.27. The van der Waals surface area contributed by atoms with Gasteiger partial charge in [-0.1, -0.05) is 0 Å². The Bertz CT molecular complexity index is 89.4. The summed E-state index contributed by atoms with van der Waals surface area (Å²) in [6.45, 7) is 0. The molecule has 0 spiro atoms. The minimum Gasteiger partial charge on any atom is -0.285 e. The SMILES string of the molecule is N[C@@H](CCS)[P+](=O)O. The summed E-state index contributed by atoms with van der Waals surface area (Å²) >= 11 is 3.83. The molecule has 48 valence electrons. The van der Waals surface area contributed by atoms with E-state index < -0.39 is 13.8 Å². The fourth-order valence-electron chi connectivity index (χ4n) is 0.243. The van der Waals surface area contributed by atoms with Gasteiger partial charge in [-0.25, -0.2) is 0 Å². The predicted molar refractivity (Wildman–Crippen MR) is 36.3 cm³/mol. The molecule has 0 saturated heterocycles. The maximum atomic E-state index is 10.1. The van der Waals surface area contributed by atoms with Crippen molar-refractivity contribution in [1.29, 1.82) is 0 Å². The molecule has 5 heteroatoms. The van der Waals surface area contributed by atoms with Crippen LogP contribution in [0, 0.1) is 0 Å². The summed E-state index contributed by atoms with van der Waals surface area (Å²) in [5, 5.41) is 0. The number of hydrogen-bond acceptors (Lipinski definition) is 3. The Kier molecular flexibility index (Phi) is 4.47. The lowest BCUT2D eigenvalue weighted by molar-refractivity contribution is 0.488. The Morgan fingerprint density at radius 1 is 1.88 bits per heavy atom. The molecular weight excluding hydrogens is 145 g/mol. The highest BCUT2D eigenvalue weighted by Gasteiger charge is 2.21. The summed E-state index contributed by atoms with van der Waals surface area (Å²) < 4.78 is 10.1. The third kappa shape index (κ3) is 3.38. The summed E-state index contributed by atoms with van der Waals surface area (Å²) in [5.41, 5.74) is 5.14. The largest absolute Gasteiger partial charge is 0.524 e. The monoisotopic (exact) mass is 154 g/mol. The van der Waals surface area contributed by atoms with E-state index in [0.29, 0.717) is 12.2 Å². The van der Waals surface area contributed by atoms with E-state index >= 15 is 0 Å². The van der Waals surface area contributed by atoms with Gasteiger partial charge in [0.05, 0.1) is 0 Å². The lowest BCUT2D eigenvalue weighted by atomic mass is 10.5. The molecule has 0 amide bonds. The van der Waals surface area contributed by atoms with Gasteiger partial charge in [-0.2, -0.15) is 17.5 Å². The first-order chi connectivity index (χ1) is 3.68. The maximum Gasteiger partial charge on any atom is 0.524 e. The van der Waals surface area contributed by atoms with Gasteiger partial charge in [-0.05, 0) is 10.3 Å². The van der Waals surface area contributed by atoms with Crippen LogP contribution >= 0.6 is 20.7 Å². The first kappa shape index (κ1) is 8.37. The second-order valence-corrected chi connectivity index (χ2v) is 3.10. The Morgan fingerprint density at radius 3 is 2.50 bits per heavy atom. The topological polar surface area (TPSA) is 63.3 Å². The van der Waals surface area contributed by atoms with Crippen molar-refractivity contribution >= 4 is 20.7 Å². The molecule has 0 bridgehead atoms. The number of rotatable bonds is 3. The van der Waals surface area contributed by atoms with Crippen molar-refractivity contribution in [3.8, 4) is 0 Å². The standard InChI is InChI=1S/C3H8NO2PS/c4-3(1-2-8)7(5)6/h3H,1-2,4H2,(H-,5,6,8)/p+1/t3-/m1/s1. The average Bonchev–Trinajstić information content (AvgIpc) is 1.67. The smallest absolute Gasteiger partial charge is 0.285 e. The normalized spacial score (nSPS) is 15.6. The number of thiol groups is 1. The van der Waals surface area contributed by atoms with Gasteiger partial charge in [0.1, 0.15) is 0 Å². The molecule has 0 heterocycles. The van der Waals surface area contributed by atoms with Crippen molar-refractivity contribution in [2.24, 2.45) is 5.73 Å². The minimum atomic E-state index is -2.19. The van der Waals surface area contributed by atoms with Crippen LogP contribution in [0.25, 0.3) is 0 Å². The van der Waals surface area contributed by atoms with Gasteiger partial charge in [0.25, 0.3) is 0 Å². The van der Waals surface area contributed by atoms with Gasteiger partial charge in [0, 0.05) is 6.42 Å². The van der Waals surface area contributed by atoms with Crippen LogP contribution < -0.4 is 5.73 Å². The highest BCUT2D eigenvalue weighted by molar-refractivity contribution is 7.80. The van der Waals surface area contributed by atoms with Crippen LogP contribution in [-0.2, 0) is 4.57 Å². The van der Waals surface area contributed by atoms with Crippen LogP contribution in [0.1, 0.15) is 6.42 Å². The molecular formula is C3H9NO2PS+. The molecule has 1 unspecified atom stereocenters. The highest BCUT2D eigenvalue weighted by atomic mass is 32.1. The molecule has 0 aromatic heterocycles. The lowest BCUT2D eigenvalue weighted by Gasteiger charge is -1.89. The molecule has 0 aliphatic rings. The summed E-state index contributed by atoms with van der Waals surface area (Å²) in [6.07, 6.45) is 0.495. The molecule has 0 aromatic rings. The third-order valence-electron chi connectivity index (χ3n) is 0.709. The molecule has 0 radical (unpaired) electrons. The molecule has 0 fully saturated rings. The first-order valence-electron chi connectivity index (χ1n) is 2.20. The minimum absolute atomic E-state index is 0.495. The van der Waals surface area contributed by atoms with E-state index in [9.17, 15) is 4.57 Å². The lowest BCUT2D eigenvalue weighted by Crippen LogP contribution is -2.14. The fraction of sp³-hybridized carbons (Fsp3) is 1.00. The van der Waals surface area contributed by atoms with Crippen LogP contribution in [0.3, 0.4) is 0 Å². The maximum absolute atomic E-state index is 10.1. The van der Waals surface area contributed by atoms with Gasteiger partial charge in [0.15, 0.2) is 0 Å². The zero-order valence-corrected chi connectivity index (χ0v) is 6.11. The second-order valence-electron chi connectivity index (χ2n) is 1.38. The van der Waals surface area contributed by atoms with Crippen molar-refractivity contribution in [3.63, 3.8) is 0 Å². The van der Waals surface area contributed by atoms with Crippen LogP contribution in [0.2, 0.25) is 0 Å². The van der Waals surface area contributed by atoms with Crippen LogP contribution in [-0.4, -0.2) is 16.4 Å². The van der Waals surface area contributed by atoms with E-state index in [0.717, 1.165) is 0 Å². The Labute approximate surface area is 54.5 Å². The van der Waals surface area contributed by atoms with Crippen LogP contribution in [0.5, 0.6) is 0 Å². The molecule has 0 aliphatic carbocycles. The van der Waals surface area contributed by atoms with E-state index in [4.69, 9.17) is 10.6 Å². The van der Waals surface area contributed by atoms with E-state index in [1.165, 1.54) is 0 Å². The van der Waals surface area contributed by atoms with Gasteiger partial charge in [-0.15, -0.1) is 0 Å². The number of hydrogen-bond donors (Lipinski definition) is 3. The third-order valence-corrected chi connectivity index (χ3v) is 1.79. The van der Waals surface area contributed by atoms with Crippen molar-refractivity contribution in [2.45, 2.75) is 12.2 Å². The molecule has 0 saturated carbocycles. The quantitative estimate of drug-likeness (QED) is 0.405. The van der Waals surface area contributed by atoms with E-state index in [-0.39, 0.29) is 0 Å². The molecule has 0 aliphatic heterocycles. The van der Waals surface area contributed by atoms with Crippen molar-refractivity contribution < 1.29 is 9.46 Å². The van der Waals surface area contributed by atoms with Crippen molar-refractivity contribution in [2.75, 3.05) is 5.75 Å². The van der Waals surface area contributed by atoms with Gasteiger partial charge in [-0.3, -0.25) is 5.73 Å². The Balaban J connectivity index is 3.32. The summed E-state index contributed by atoms with van der Waals surface area (Å²) in [6, 6.07) is 0. The molecule has 0 aromatic carbocycles. The summed E-state index contributed by atoms with van der Waals surface area (Å²) in [5.74, 6) is -0.0366. The number of nitrogens with two attached hydrogens (primary N) is 1. The first-order valence-corrected chi connectivity index (χ1v) is 4.11. The Morgan fingerprint density at radius 2 is 2.38 bits per heavy atom. The molecule has 0 rings (SSSR count). The van der Waals surface area contributed by atoms with E-state index in [1.54, 1.807) is 0 Å². The van der Waals surface area contributed by atoms with E-state index in [1.807, 2.05) is 0 Å². The Hall–Kier alpha value is 0.370. The van der Waals surface area contributed by atoms with Gasteiger partial charge < -0.3 is 0 Å². The van der Waals surface area contributed by atoms with Crippen molar-refractivity contribution in [3.05, 3.63) is 0 Å². The van der Waals surface area contributed by atoms with Crippen LogP contribution in [0.15, 0.2) is 0 Å². The zero-order chi connectivity index (χ0) is 6.57. The average molecular weight is 154 g/mol. The van der Waals surface area contributed by atoms with Gasteiger partial charge in [0.2, 0.25) is 5.78 Å². The summed E-state index contributed by atoms with van der Waals surface area (Å²) in [4.78, 5) is 8.30.